The van der Waals surface area contributed by atoms with Gasteiger partial charge in [0.1, 0.15) is 5.78 Å². The third kappa shape index (κ3) is 2.91. The summed E-state index contributed by atoms with van der Waals surface area (Å²) in [6.45, 7) is 2.35. The molecule has 1 N–H and O–H groups in total. The molecule has 12 heavy (non-hydrogen) atoms. The van der Waals surface area contributed by atoms with Crippen molar-refractivity contribution < 1.29 is 9.53 Å². The highest BCUT2D eigenvalue weighted by atomic mass is 16.5. The van der Waals surface area contributed by atoms with Gasteiger partial charge in [0.15, 0.2) is 0 Å². The van der Waals surface area contributed by atoms with Gasteiger partial charge in [0, 0.05) is 18.9 Å². The molecule has 0 aliphatic carbocycles. The van der Waals surface area contributed by atoms with Crippen LogP contribution < -0.4 is 5.32 Å². The topological polar surface area (TPSA) is 38.3 Å². The van der Waals surface area contributed by atoms with Crippen LogP contribution >= 0.6 is 0 Å². The van der Waals surface area contributed by atoms with Crippen LogP contribution in [0.4, 0.5) is 0 Å². The quantitative estimate of drug-likeness (QED) is 0.615. The maximum Gasteiger partial charge on any atom is 0.138 e. The van der Waals surface area contributed by atoms with Gasteiger partial charge in [-0.3, -0.25) is 4.79 Å². The zero-order valence-corrected chi connectivity index (χ0v) is 7.64. The van der Waals surface area contributed by atoms with E-state index in [2.05, 4.69) is 5.32 Å². The van der Waals surface area contributed by atoms with Crippen molar-refractivity contribution in [3.05, 3.63) is 0 Å². The molecule has 3 nitrogen and oxygen atoms in total. The Morgan fingerprint density at radius 1 is 1.67 bits per heavy atom. The van der Waals surface area contributed by atoms with E-state index in [4.69, 9.17) is 4.74 Å². The summed E-state index contributed by atoms with van der Waals surface area (Å²) in [5.74, 6) is 0.574. The summed E-state index contributed by atoms with van der Waals surface area (Å²) in [4.78, 5) is 11.4. The molecule has 1 aliphatic heterocycles. The molecule has 0 spiro atoms. The fourth-order valence-electron chi connectivity index (χ4n) is 1.43. The Labute approximate surface area is 73.5 Å². The van der Waals surface area contributed by atoms with Crippen molar-refractivity contribution >= 4 is 5.78 Å². The summed E-state index contributed by atoms with van der Waals surface area (Å²) in [5, 5.41) is 3.03. The van der Waals surface area contributed by atoms with Crippen molar-refractivity contribution in [2.24, 2.45) is 5.92 Å². The Balaban J connectivity index is 2.10. The Morgan fingerprint density at radius 2 is 2.50 bits per heavy atom. The van der Waals surface area contributed by atoms with Gasteiger partial charge in [0.2, 0.25) is 0 Å². The van der Waals surface area contributed by atoms with Crippen molar-refractivity contribution in [3.8, 4) is 0 Å². The van der Waals surface area contributed by atoms with Crippen LogP contribution in [0.5, 0.6) is 0 Å². The fourth-order valence-corrected chi connectivity index (χ4v) is 1.43. The van der Waals surface area contributed by atoms with Crippen LogP contribution in [0.2, 0.25) is 0 Å². The van der Waals surface area contributed by atoms with Crippen LogP contribution in [0.25, 0.3) is 0 Å². The molecule has 0 saturated carbocycles. The molecule has 1 rings (SSSR count). The maximum atomic E-state index is 11.4. The van der Waals surface area contributed by atoms with Crippen LogP contribution in [0.15, 0.2) is 0 Å². The Morgan fingerprint density at radius 3 is 3.08 bits per heavy atom. The molecule has 0 bridgehead atoms. The van der Waals surface area contributed by atoms with E-state index in [9.17, 15) is 4.79 Å². The van der Waals surface area contributed by atoms with E-state index in [0.717, 1.165) is 26.0 Å². The molecule has 70 valence electrons. The Hall–Kier alpha value is -0.410. The summed E-state index contributed by atoms with van der Waals surface area (Å²) in [6.07, 6.45) is 2.58. The van der Waals surface area contributed by atoms with Gasteiger partial charge >= 0.3 is 0 Å². The summed E-state index contributed by atoms with van der Waals surface area (Å²) in [7, 11) is 1.91. The molecule has 0 aromatic rings. The number of ether oxygens (including phenoxy) is 1. The Kier molecular flexibility index (Phi) is 4.25. The number of Topliss-reactive ketones (excluding diaryl/α,β-unsaturated/α-hetero) is 1. The molecule has 3 heteroatoms. The molecule has 0 amide bonds. The molecular formula is C9H17NO2. The Bertz CT molecular complexity index is 141. The number of carbonyl (C=O) groups is 1. The van der Waals surface area contributed by atoms with E-state index in [1.165, 1.54) is 0 Å². The van der Waals surface area contributed by atoms with Crippen LogP contribution in [-0.2, 0) is 9.53 Å². The smallest absolute Gasteiger partial charge is 0.138 e. The second-order valence-corrected chi connectivity index (χ2v) is 3.23. The zero-order valence-electron chi connectivity index (χ0n) is 7.64. The molecule has 1 saturated heterocycles. The van der Waals surface area contributed by atoms with Gasteiger partial charge < -0.3 is 10.1 Å². The highest BCUT2D eigenvalue weighted by Crippen LogP contribution is 2.15. The third-order valence-electron chi connectivity index (χ3n) is 2.23. The molecule has 0 aromatic heterocycles. The minimum Gasteiger partial charge on any atom is -0.381 e. The fraction of sp³-hybridized carbons (Fsp3) is 0.889. The van der Waals surface area contributed by atoms with Gasteiger partial charge in [-0.15, -0.1) is 0 Å². The highest BCUT2D eigenvalue weighted by molar-refractivity contribution is 5.81. The number of carbonyl (C=O) groups excluding carboxylic acids is 1. The predicted octanol–water partition coefficient (Wildman–Crippen LogP) is 0.592. The van der Waals surface area contributed by atoms with Crippen LogP contribution in [0, 0.1) is 5.92 Å². The van der Waals surface area contributed by atoms with Gasteiger partial charge in [0.25, 0.3) is 0 Å². The first-order valence-corrected chi connectivity index (χ1v) is 4.59. The first kappa shape index (κ1) is 9.68. The van der Waals surface area contributed by atoms with Crippen molar-refractivity contribution in [3.63, 3.8) is 0 Å². The lowest BCUT2D eigenvalue weighted by molar-refractivity contribution is -0.122. The molecule has 1 fully saturated rings. The standard InChI is InChI=1S/C9H17NO2/c1-10-5-2-3-9(11)8-4-6-12-7-8/h8,10H,2-7H2,1H3. The van der Waals surface area contributed by atoms with E-state index < -0.39 is 0 Å². The molecule has 1 heterocycles. The highest BCUT2D eigenvalue weighted by Gasteiger charge is 2.22. The molecular weight excluding hydrogens is 154 g/mol. The van der Waals surface area contributed by atoms with Gasteiger partial charge in [-0.25, -0.2) is 0 Å². The van der Waals surface area contributed by atoms with Crippen LogP contribution in [0.3, 0.4) is 0 Å². The van der Waals surface area contributed by atoms with E-state index in [0.29, 0.717) is 18.8 Å². The summed E-state index contributed by atoms with van der Waals surface area (Å²) >= 11 is 0. The molecule has 0 aromatic carbocycles. The normalized spacial score (nSPS) is 22.9. The first-order chi connectivity index (χ1) is 5.84. The second-order valence-electron chi connectivity index (χ2n) is 3.23. The second kappa shape index (κ2) is 5.27. The average Bonchev–Trinajstić information content (AvgIpc) is 2.56. The number of nitrogens with one attached hydrogen (secondary N) is 1. The first-order valence-electron chi connectivity index (χ1n) is 4.59. The van der Waals surface area contributed by atoms with Gasteiger partial charge in [-0.1, -0.05) is 0 Å². The minimum atomic E-state index is 0.196. The van der Waals surface area contributed by atoms with Crippen molar-refractivity contribution in [2.75, 3.05) is 26.8 Å². The number of hydrogen-bond donors (Lipinski definition) is 1. The number of hydrogen-bond acceptors (Lipinski definition) is 3. The predicted molar refractivity (Wildman–Crippen MR) is 47.1 cm³/mol. The van der Waals surface area contributed by atoms with E-state index >= 15 is 0 Å². The van der Waals surface area contributed by atoms with Gasteiger partial charge in [-0.2, -0.15) is 0 Å². The van der Waals surface area contributed by atoms with Crippen molar-refractivity contribution in [2.45, 2.75) is 19.3 Å². The molecule has 1 atom stereocenters. The number of ketones is 1. The third-order valence-corrected chi connectivity index (χ3v) is 2.23. The van der Waals surface area contributed by atoms with Gasteiger partial charge in [0.05, 0.1) is 6.61 Å². The van der Waals surface area contributed by atoms with Crippen LogP contribution in [0.1, 0.15) is 19.3 Å². The molecule has 1 aliphatic rings. The van der Waals surface area contributed by atoms with Crippen molar-refractivity contribution in [1.82, 2.24) is 5.32 Å². The van der Waals surface area contributed by atoms with E-state index in [1.807, 2.05) is 7.05 Å². The lowest BCUT2D eigenvalue weighted by Gasteiger charge is -2.05. The summed E-state index contributed by atoms with van der Waals surface area (Å²) < 4.78 is 5.15. The molecule has 1 unspecified atom stereocenters. The largest absolute Gasteiger partial charge is 0.381 e. The van der Waals surface area contributed by atoms with Gasteiger partial charge in [-0.05, 0) is 26.4 Å². The van der Waals surface area contributed by atoms with E-state index in [-0.39, 0.29) is 5.92 Å². The summed E-state index contributed by atoms with van der Waals surface area (Å²) in [5.41, 5.74) is 0. The maximum absolute atomic E-state index is 11.4. The van der Waals surface area contributed by atoms with Crippen LogP contribution in [-0.4, -0.2) is 32.6 Å². The SMILES string of the molecule is CNCCCC(=O)C1CCOC1. The van der Waals surface area contributed by atoms with Crippen molar-refractivity contribution in [1.29, 1.82) is 0 Å². The van der Waals surface area contributed by atoms with E-state index in [1.54, 1.807) is 0 Å². The molecule has 0 radical (unpaired) electrons. The number of rotatable bonds is 5. The zero-order chi connectivity index (χ0) is 8.81. The monoisotopic (exact) mass is 171 g/mol. The lowest BCUT2D eigenvalue weighted by Crippen LogP contribution is -2.16. The minimum absolute atomic E-state index is 0.196. The lowest BCUT2D eigenvalue weighted by atomic mass is 10.00. The summed E-state index contributed by atoms with van der Waals surface area (Å²) in [6, 6.07) is 0. The average molecular weight is 171 g/mol.